The highest BCUT2D eigenvalue weighted by atomic mass is 16.6. The van der Waals surface area contributed by atoms with E-state index in [9.17, 15) is 14.4 Å². The van der Waals surface area contributed by atoms with Crippen LogP contribution < -0.4 is 10.6 Å². The fourth-order valence-electron chi connectivity index (χ4n) is 3.49. The summed E-state index contributed by atoms with van der Waals surface area (Å²) in [6.07, 6.45) is 0.619. The van der Waals surface area contributed by atoms with E-state index in [4.69, 9.17) is 14.3 Å². The second-order valence-corrected chi connectivity index (χ2v) is 7.05. The van der Waals surface area contributed by atoms with Crippen LogP contribution in [0, 0.1) is 0 Å². The predicted octanol–water partition coefficient (Wildman–Crippen LogP) is 3.18. The van der Waals surface area contributed by atoms with Crippen LogP contribution in [0.25, 0.3) is 11.1 Å². The van der Waals surface area contributed by atoms with Gasteiger partial charge in [-0.2, -0.15) is 0 Å². The van der Waals surface area contributed by atoms with E-state index in [0.29, 0.717) is 0 Å². The quantitative estimate of drug-likeness (QED) is 0.264. The van der Waals surface area contributed by atoms with Gasteiger partial charge in [0.15, 0.2) is 0 Å². The summed E-state index contributed by atoms with van der Waals surface area (Å²) in [6.45, 7) is 4.79. The molecule has 0 unspecified atom stereocenters. The van der Waals surface area contributed by atoms with Gasteiger partial charge in [0.1, 0.15) is 25.5 Å². The Hall–Kier alpha value is -4.14. The van der Waals surface area contributed by atoms with Crippen molar-refractivity contribution in [1.82, 2.24) is 10.6 Å². The number of alkyl carbamates (subject to hydrolysis) is 2. The Balaban J connectivity index is 0.00000129. The number of hydrogen-bond donors (Lipinski definition) is 2. The first-order valence-corrected chi connectivity index (χ1v) is 10.6. The fraction of sp³-hybridized carbons (Fsp3) is 0.280. The number of hydrogen-bond acceptors (Lipinski definition) is 7. The molecular formula is C25H28N2O7. The number of fused-ring (bicyclic) bond motifs is 3. The third-order valence-corrected chi connectivity index (χ3v) is 4.90. The number of nitrogens with one attached hydrogen (secondary N) is 2. The van der Waals surface area contributed by atoms with E-state index >= 15 is 0 Å². The fourth-order valence-corrected chi connectivity index (χ4v) is 3.49. The minimum Gasteiger partial charge on any atom is -0.467 e. The van der Waals surface area contributed by atoms with E-state index in [-0.39, 0.29) is 25.7 Å². The molecule has 0 saturated carbocycles. The molecule has 0 fully saturated rings. The molecular weight excluding hydrogens is 440 g/mol. The molecule has 0 saturated heterocycles. The van der Waals surface area contributed by atoms with Gasteiger partial charge in [0.2, 0.25) is 0 Å². The van der Waals surface area contributed by atoms with Gasteiger partial charge < -0.3 is 29.6 Å². The van der Waals surface area contributed by atoms with Crippen LogP contribution >= 0.6 is 0 Å². The smallest absolute Gasteiger partial charge is 0.407 e. The number of carbonyl (C=O) groups excluding carboxylic acids is 4. The maximum atomic E-state index is 12.4. The molecule has 3 rings (SSSR count). The summed E-state index contributed by atoms with van der Waals surface area (Å²) in [6, 6.07) is 14.8. The van der Waals surface area contributed by atoms with Gasteiger partial charge >= 0.3 is 18.2 Å². The van der Waals surface area contributed by atoms with Crippen molar-refractivity contribution in [2.75, 3.05) is 26.9 Å². The van der Waals surface area contributed by atoms with Crippen molar-refractivity contribution in [3.8, 4) is 11.1 Å². The second-order valence-electron chi connectivity index (χ2n) is 7.05. The summed E-state index contributed by atoms with van der Waals surface area (Å²) in [5.74, 6) is -0.834. The lowest BCUT2D eigenvalue weighted by Crippen LogP contribution is -2.49. The normalized spacial score (nSPS) is 11.9. The minimum absolute atomic E-state index is 0.0224. The Kier molecular flexibility index (Phi) is 10.3. The average molecular weight is 469 g/mol. The average Bonchev–Trinajstić information content (AvgIpc) is 3.17. The van der Waals surface area contributed by atoms with Gasteiger partial charge in [-0.05, 0) is 29.2 Å². The van der Waals surface area contributed by atoms with Crippen molar-refractivity contribution in [1.29, 1.82) is 0 Å². The molecule has 1 aliphatic rings. The highest BCUT2D eigenvalue weighted by Gasteiger charge is 2.30. The molecule has 0 radical (unpaired) electrons. The van der Waals surface area contributed by atoms with Gasteiger partial charge in [-0.25, -0.2) is 14.4 Å². The van der Waals surface area contributed by atoms with Crippen LogP contribution in [0.15, 0.2) is 61.2 Å². The van der Waals surface area contributed by atoms with Crippen LogP contribution in [0.2, 0.25) is 0 Å². The lowest BCUT2D eigenvalue weighted by Gasteiger charge is -2.18. The van der Waals surface area contributed by atoms with E-state index in [0.717, 1.165) is 28.5 Å². The van der Waals surface area contributed by atoms with Gasteiger partial charge in [0.05, 0.1) is 13.7 Å². The molecule has 0 heterocycles. The summed E-state index contributed by atoms with van der Waals surface area (Å²) < 4.78 is 14.9. The predicted molar refractivity (Wildman–Crippen MR) is 125 cm³/mol. The molecule has 9 nitrogen and oxygen atoms in total. The van der Waals surface area contributed by atoms with E-state index in [2.05, 4.69) is 21.9 Å². The second kappa shape index (κ2) is 13.4. The lowest BCUT2D eigenvalue weighted by molar-refractivity contribution is -0.142. The van der Waals surface area contributed by atoms with E-state index in [1.54, 1.807) is 0 Å². The molecule has 0 aromatic heterocycles. The summed E-state index contributed by atoms with van der Waals surface area (Å²) in [7, 11) is 1.19. The van der Waals surface area contributed by atoms with E-state index in [1.165, 1.54) is 20.1 Å². The van der Waals surface area contributed by atoms with Crippen LogP contribution in [0.4, 0.5) is 9.59 Å². The maximum Gasteiger partial charge on any atom is 0.407 e. The Morgan fingerprint density at radius 3 is 2.09 bits per heavy atom. The molecule has 180 valence electrons. The molecule has 9 heteroatoms. The minimum atomic E-state index is -1.13. The Labute approximate surface area is 198 Å². The molecule has 0 aliphatic heterocycles. The number of aldehydes is 1. The maximum absolute atomic E-state index is 12.4. The highest BCUT2D eigenvalue weighted by Crippen LogP contribution is 2.44. The lowest BCUT2D eigenvalue weighted by atomic mass is 9.98. The number of amides is 2. The molecule has 2 amide bonds. The summed E-state index contributed by atoms with van der Waals surface area (Å²) in [5, 5.41) is 4.81. The van der Waals surface area contributed by atoms with Crippen molar-refractivity contribution < 1.29 is 33.4 Å². The van der Waals surface area contributed by atoms with Crippen LogP contribution in [0.1, 0.15) is 24.0 Å². The van der Waals surface area contributed by atoms with Gasteiger partial charge in [0.25, 0.3) is 0 Å². The zero-order valence-electron chi connectivity index (χ0n) is 19.1. The van der Waals surface area contributed by atoms with Crippen LogP contribution in [0.3, 0.4) is 0 Å². The molecule has 34 heavy (non-hydrogen) atoms. The zero-order chi connectivity index (χ0) is 24.9. The highest BCUT2D eigenvalue weighted by molar-refractivity contribution is 5.82. The topological polar surface area (TPSA) is 120 Å². The molecule has 2 N–H and O–H groups in total. The summed E-state index contributed by atoms with van der Waals surface area (Å²) in [5.41, 5.74) is 4.38. The molecule has 1 aliphatic carbocycles. The molecule has 2 aromatic rings. The first-order chi connectivity index (χ1) is 16.5. The van der Waals surface area contributed by atoms with Gasteiger partial charge in [-0.1, -0.05) is 61.2 Å². The van der Waals surface area contributed by atoms with Gasteiger partial charge in [0, 0.05) is 5.92 Å². The third-order valence-electron chi connectivity index (χ3n) is 4.90. The molecule has 2 aromatic carbocycles. The van der Waals surface area contributed by atoms with Gasteiger partial charge in [-0.15, -0.1) is 0 Å². The monoisotopic (exact) mass is 468 g/mol. The summed E-state index contributed by atoms with van der Waals surface area (Å²) >= 11 is 0. The SMILES string of the molecule is C=CCOC(=O)NC[C@H](NC(=O)OCC1c2ccccc2-c2ccccc21)C(=O)OC.CC=O. The van der Waals surface area contributed by atoms with Crippen LogP contribution in [-0.4, -0.2) is 57.4 Å². The van der Waals surface area contributed by atoms with Crippen molar-refractivity contribution >= 4 is 24.4 Å². The first kappa shape index (κ1) is 26.1. The van der Waals surface area contributed by atoms with E-state index in [1.807, 2.05) is 48.5 Å². The molecule has 0 bridgehead atoms. The van der Waals surface area contributed by atoms with Crippen molar-refractivity contribution in [2.45, 2.75) is 18.9 Å². The van der Waals surface area contributed by atoms with Crippen molar-refractivity contribution in [2.24, 2.45) is 0 Å². The molecule has 1 atom stereocenters. The van der Waals surface area contributed by atoms with E-state index < -0.39 is 24.2 Å². The summed E-state index contributed by atoms with van der Waals surface area (Å²) in [4.78, 5) is 44.7. The third kappa shape index (κ3) is 6.93. The number of carbonyl (C=O) groups is 4. The standard InChI is InChI=1S/C23H24N2O6.C2H4O/c1-3-12-30-22(27)24-13-20(21(26)29-2)25-23(28)31-14-19-17-10-6-4-8-15(17)16-9-5-7-11-18(16)19;1-2-3/h3-11,19-20H,1,12-14H2,2H3,(H,24,27)(H,25,28);2H,1H3/t20-;/m0./s1. The number of rotatable bonds is 8. The van der Waals surface area contributed by atoms with Crippen molar-refractivity contribution in [3.63, 3.8) is 0 Å². The van der Waals surface area contributed by atoms with Crippen LogP contribution in [-0.2, 0) is 23.8 Å². The Bertz CT molecular complexity index is 976. The first-order valence-electron chi connectivity index (χ1n) is 10.6. The number of benzene rings is 2. The number of esters is 1. The van der Waals surface area contributed by atoms with Crippen LogP contribution in [0.5, 0.6) is 0 Å². The largest absolute Gasteiger partial charge is 0.467 e. The Morgan fingerprint density at radius 2 is 1.56 bits per heavy atom. The zero-order valence-corrected chi connectivity index (χ0v) is 19.1. The number of ether oxygens (including phenoxy) is 3. The molecule has 0 spiro atoms. The van der Waals surface area contributed by atoms with Crippen molar-refractivity contribution in [3.05, 3.63) is 72.3 Å². The Morgan fingerprint density at radius 1 is 1.00 bits per heavy atom. The number of methoxy groups -OCH3 is 1. The van der Waals surface area contributed by atoms with Gasteiger partial charge in [-0.3, -0.25) is 0 Å².